The first kappa shape index (κ1) is 19.0. The van der Waals surface area contributed by atoms with E-state index in [0.29, 0.717) is 13.2 Å². The number of ether oxygens (including phenoxy) is 1. The maximum absolute atomic E-state index is 12.7. The molecule has 0 spiro atoms. The molecule has 0 bridgehead atoms. The van der Waals surface area contributed by atoms with Crippen molar-refractivity contribution < 1.29 is 22.4 Å². The second kappa shape index (κ2) is 8.67. The molecule has 0 aromatic carbocycles. The Balaban J connectivity index is 2.03. The molecule has 0 N–H and O–H groups in total. The Bertz CT molecular complexity index is 637. The van der Waals surface area contributed by atoms with E-state index >= 15 is 0 Å². The molecule has 0 aliphatic carbocycles. The largest absolute Gasteiger partial charge is 0.466 e. The molecule has 1 atom stereocenters. The lowest BCUT2D eigenvalue weighted by atomic mass is 10.0. The number of sulfonamides is 1. The molecule has 1 aromatic heterocycles. The van der Waals surface area contributed by atoms with Gasteiger partial charge in [-0.1, -0.05) is 13.3 Å². The fraction of sp³-hybridized carbons (Fsp3) is 0.706. The lowest BCUT2D eigenvalue weighted by Gasteiger charge is -2.33. The molecule has 2 rings (SSSR count). The van der Waals surface area contributed by atoms with Crippen LogP contribution in [0.15, 0.2) is 16.5 Å². The van der Waals surface area contributed by atoms with Crippen molar-refractivity contribution in [3.05, 3.63) is 23.7 Å². The molecule has 1 aliphatic rings. The molecule has 1 saturated heterocycles. The number of furan rings is 1. The zero-order valence-corrected chi connectivity index (χ0v) is 15.3. The van der Waals surface area contributed by atoms with Gasteiger partial charge in [-0.2, -0.15) is 4.31 Å². The average molecular weight is 357 g/mol. The highest BCUT2D eigenvalue weighted by Gasteiger charge is 2.34. The SMILES string of the molecule is CCOC(=O)CCCS(=O)(=O)N1CCCC[C@@H]1c1ccc(CC)o1. The molecule has 1 aromatic rings. The highest BCUT2D eigenvalue weighted by Crippen LogP contribution is 2.34. The zero-order chi connectivity index (χ0) is 17.6. The van der Waals surface area contributed by atoms with Crippen LogP contribution in [0.2, 0.25) is 0 Å². The van der Waals surface area contributed by atoms with Crippen molar-refractivity contribution in [3.63, 3.8) is 0 Å². The van der Waals surface area contributed by atoms with E-state index in [2.05, 4.69) is 0 Å². The summed E-state index contributed by atoms with van der Waals surface area (Å²) < 4.78 is 37.6. The van der Waals surface area contributed by atoms with Gasteiger partial charge in [0, 0.05) is 19.4 Å². The summed E-state index contributed by atoms with van der Waals surface area (Å²) in [6.07, 6.45) is 3.82. The zero-order valence-electron chi connectivity index (χ0n) is 14.5. The van der Waals surface area contributed by atoms with E-state index in [9.17, 15) is 13.2 Å². The summed E-state index contributed by atoms with van der Waals surface area (Å²) in [5.74, 6) is 1.21. The molecule has 2 heterocycles. The van der Waals surface area contributed by atoms with Crippen molar-refractivity contribution >= 4 is 16.0 Å². The highest BCUT2D eigenvalue weighted by molar-refractivity contribution is 7.89. The summed E-state index contributed by atoms with van der Waals surface area (Å²) in [6.45, 7) is 4.57. The first-order chi connectivity index (χ1) is 11.5. The van der Waals surface area contributed by atoms with Gasteiger partial charge in [-0.25, -0.2) is 8.42 Å². The van der Waals surface area contributed by atoms with Crippen molar-refractivity contribution in [1.29, 1.82) is 0 Å². The average Bonchev–Trinajstić information content (AvgIpc) is 3.04. The number of carbonyl (C=O) groups is 1. The van der Waals surface area contributed by atoms with E-state index in [1.807, 2.05) is 19.1 Å². The molecule has 7 heteroatoms. The summed E-state index contributed by atoms with van der Waals surface area (Å²) in [6, 6.07) is 3.57. The van der Waals surface area contributed by atoms with E-state index < -0.39 is 10.0 Å². The summed E-state index contributed by atoms with van der Waals surface area (Å²) in [5, 5.41) is 0. The molecule has 136 valence electrons. The Labute approximate surface area is 144 Å². The molecular weight excluding hydrogens is 330 g/mol. The molecule has 1 aliphatic heterocycles. The number of aryl methyl sites for hydroxylation is 1. The van der Waals surface area contributed by atoms with Crippen molar-refractivity contribution in [1.82, 2.24) is 4.31 Å². The molecule has 24 heavy (non-hydrogen) atoms. The van der Waals surface area contributed by atoms with Crippen LogP contribution in [0, 0.1) is 0 Å². The van der Waals surface area contributed by atoms with Crippen molar-refractivity contribution in [2.75, 3.05) is 18.9 Å². The summed E-state index contributed by atoms with van der Waals surface area (Å²) in [7, 11) is -3.42. The summed E-state index contributed by atoms with van der Waals surface area (Å²) in [4.78, 5) is 11.4. The Morgan fingerprint density at radius 1 is 1.33 bits per heavy atom. The molecule has 0 unspecified atom stereocenters. The van der Waals surface area contributed by atoms with Gasteiger partial charge in [0.05, 0.1) is 18.4 Å². The van der Waals surface area contributed by atoms with Gasteiger partial charge in [0.2, 0.25) is 10.0 Å². The molecule has 1 fully saturated rings. The minimum Gasteiger partial charge on any atom is -0.466 e. The number of hydrogen-bond acceptors (Lipinski definition) is 5. The Hall–Kier alpha value is -1.34. The standard InChI is InChI=1S/C17H27NO5S/c1-3-14-10-11-16(23-14)15-8-5-6-12-18(15)24(20,21)13-7-9-17(19)22-4-2/h10-11,15H,3-9,12-13H2,1-2H3/t15-/m1/s1. The third-order valence-corrected chi connectivity index (χ3v) is 6.22. The Morgan fingerprint density at radius 2 is 2.12 bits per heavy atom. The van der Waals surface area contributed by atoms with Crippen LogP contribution in [-0.2, 0) is 26.0 Å². The Morgan fingerprint density at radius 3 is 2.79 bits per heavy atom. The fourth-order valence-corrected chi connectivity index (χ4v) is 4.78. The lowest BCUT2D eigenvalue weighted by Crippen LogP contribution is -2.39. The summed E-state index contributed by atoms with van der Waals surface area (Å²) in [5.41, 5.74) is 0. The Kier molecular flexibility index (Phi) is 6.86. The van der Waals surface area contributed by atoms with E-state index in [-0.39, 0.29) is 30.6 Å². The predicted octanol–water partition coefficient (Wildman–Crippen LogP) is 3.04. The summed E-state index contributed by atoms with van der Waals surface area (Å²) >= 11 is 0. The molecule has 0 saturated carbocycles. The van der Waals surface area contributed by atoms with Crippen LogP contribution in [0.25, 0.3) is 0 Å². The lowest BCUT2D eigenvalue weighted by molar-refractivity contribution is -0.143. The first-order valence-electron chi connectivity index (χ1n) is 8.71. The van der Waals surface area contributed by atoms with Gasteiger partial charge in [-0.15, -0.1) is 0 Å². The number of hydrogen-bond donors (Lipinski definition) is 0. The van der Waals surface area contributed by atoms with Gasteiger partial charge < -0.3 is 9.15 Å². The molecule has 0 amide bonds. The monoisotopic (exact) mass is 357 g/mol. The van der Waals surface area contributed by atoms with Crippen LogP contribution in [0.3, 0.4) is 0 Å². The minimum absolute atomic E-state index is 0.0380. The van der Waals surface area contributed by atoms with Crippen LogP contribution in [0.5, 0.6) is 0 Å². The van der Waals surface area contributed by atoms with E-state index in [0.717, 1.165) is 37.2 Å². The van der Waals surface area contributed by atoms with Gasteiger partial charge in [0.25, 0.3) is 0 Å². The van der Waals surface area contributed by atoms with Gasteiger partial charge in [-0.3, -0.25) is 4.79 Å². The van der Waals surface area contributed by atoms with Crippen LogP contribution in [0.1, 0.15) is 63.5 Å². The van der Waals surface area contributed by atoms with Crippen LogP contribution in [-0.4, -0.2) is 37.6 Å². The fourth-order valence-electron chi connectivity index (χ4n) is 3.04. The predicted molar refractivity (Wildman–Crippen MR) is 91.0 cm³/mol. The van der Waals surface area contributed by atoms with E-state index in [1.165, 1.54) is 0 Å². The second-order valence-electron chi connectivity index (χ2n) is 6.00. The number of nitrogens with zero attached hydrogens (tertiary/aromatic N) is 1. The van der Waals surface area contributed by atoms with Gasteiger partial charge in [-0.05, 0) is 38.3 Å². The van der Waals surface area contributed by atoms with Crippen molar-refractivity contribution in [2.45, 2.75) is 58.4 Å². The van der Waals surface area contributed by atoms with Crippen LogP contribution >= 0.6 is 0 Å². The van der Waals surface area contributed by atoms with Crippen LogP contribution in [0.4, 0.5) is 0 Å². The van der Waals surface area contributed by atoms with Crippen LogP contribution < -0.4 is 0 Å². The molecule has 6 nitrogen and oxygen atoms in total. The van der Waals surface area contributed by atoms with Crippen molar-refractivity contribution in [2.24, 2.45) is 0 Å². The number of piperidine rings is 1. The van der Waals surface area contributed by atoms with Gasteiger partial charge in [0.15, 0.2) is 0 Å². The number of esters is 1. The molecular formula is C17H27NO5S. The third kappa shape index (κ3) is 4.83. The smallest absolute Gasteiger partial charge is 0.305 e. The second-order valence-corrected chi connectivity index (χ2v) is 8.05. The maximum Gasteiger partial charge on any atom is 0.305 e. The maximum atomic E-state index is 12.7. The molecule has 0 radical (unpaired) electrons. The van der Waals surface area contributed by atoms with E-state index in [1.54, 1.807) is 11.2 Å². The minimum atomic E-state index is -3.42. The first-order valence-corrected chi connectivity index (χ1v) is 10.3. The van der Waals surface area contributed by atoms with Crippen molar-refractivity contribution in [3.8, 4) is 0 Å². The number of carbonyl (C=O) groups excluding carboxylic acids is 1. The topological polar surface area (TPSA) is 76.8 Å². The van der Waals surface area contributed by atoms with Gasteiger partial charge >= 0.3 is 5.97 Å². The van der Waals surface area contributed by atoms with Gasteiger partial charge in [0.1, 0.15) is 11.5 Å². The third-order valence-electron chi connectivity index (χ3n) is 4.26. The quantitative estimate of drug-likeness (QED) is 0.668. The van der Waals surface area contributed by atoms with E-state index in [4.69, 9.17) is 9.15 Å². The highest BCUT2D eigenvalue weighted by atomic mass is 32.2. The normalized spacial score (nSPS) is 19.3. The number of rotatable bonds is 8.